The third-order valence-electron chi connectivity index (χ3n) is 10.9. The summed E-state index contributed by atoms with van der Waals surface area (Å²) in [4.78, 5) is 57.3. The van der Waals surface area contributed by atoms with E-state index in [1.807, 2.05) is 143 Å². The fourth-order valence-corrected chi connectivity index (χ4v) is 8.46. The van der Waals surface area contributed by atoms with Crippen LogP contribution >= 0.6 is 70.5 Å². The van der Waals surface area contributed by atoms with E-state index in [-0.39, 0.29) is 22.2 Å². The summed E-state index contributed by atoms with van der Waals surface area (Å²) >= 11 is 12.9. The SMILES string of the molecule is Brc1cncs1.CC1(C)OB(c2ccc(=O)n(Cc3ccccc3)c2)OC1(C)C.O=c1ccc(-c2cncs2)cn1Cc1ccccc1.O=c1ccc(Br)c[nH]1.O=c1ccc(Br)cn1Cc1ccccc1. The maximum atomic E-state index is 12.1. The van der Waals surface area contributed by atoms with Gasteiger partial charge in [0.05, 0.1) is 56.7 Å². The molecule has 1 fully saturated rings. The third-order valence-corrected chi connectivity index (χ3v) is 14.0. The molecule has 0 saturated carbocycles. The third kappa shape index (κ3) is 17.2. The molecule has 1 saturated heterocycles. The van der Waals surface area contributed by atoms with E-state index in [0.29, 0.717) is 19.6 Å². The molecule has 0 unspecified atom stereocenters. The van der Waals surface area contributed by atoms with Crippen LogP contribution in [-0.4, -0.2) is 47.0 Å². The van der Waals surface area contributed by atoms with Gasteiger partial charge < -0.3 is 28.0 Å². The van der Waals surface area contributed by atoms with Crippen LogP contribution < -0.4 is 27.7 Å². The van der Waals surface area contributed by atoms with Gasteiger partial charge in [0.2, 0.25) is 5.56 Å². The van der Waals surface area contributed by atoms with Crippen molar-refractivity contribution < 1.29 is 9.31 Å². The smallest absolute Gasteiger partial charge is 0.399 e. The van der Waals surface area contributed by atoms with E-state index in [0.717, 1.165) is 45.3 Å². The second-order valence-electron chi connectivity index (χ2n) is 16.7. The molecule has 0 atom stereocenters. The number of rotatable bonds is 8. The van der Waals surface area contributed by atoms with E-state index < -0.39 is 18.3 Å². The van der Waals surface area contributed by atoms with Crippen LogP contribution in [0.25, 0.3) is 10.4 Å². The predicted molar refractivity (Wildman–Crippen MR) is 298 cm³/mol. The van der Waals surface area contributed by atoms with Crippen LogP contribution in [0.5, 0.6) is 0 Å². The van der Waals surface area contributed by atoms with E-state index in [4.69, 9.17) is 9.31 Å². The van der Waals surface area contributed by atoms with E-state index in [9.17, 15) is 19.2 Å². The molecule has 1 aliphatic heterocycles. The van der Waals surface area contributed by atoms with Crippen molar-refractivity contribution in [3.63, 3.8) is 0 Å². The first-order valence-electron chi connectivity index (χ1n) is 22.1. The number of nitrogens with zero attached hydrogens (tertiary/aromatic N) is 5. The van der Waals surface area contributed by atoms with Crippen molar-refractivity contribution in [2.45, 2.75) is 58.5 Å². The highest BCUT2D eigenvalue weighted by atomic mass is 79.9. The summed E-state index contributed by atoms with van der Waals surface area (Å²) in [6.07, 6.45) is 10.7. The van der Waals surface area contributed by atoms with Gasteiger partial charge in [0.15, 0.2) is 0 Å². The Bertz CT molecular complexity index is 3250. The zero-order chi connectivity index (χ0) is 50.8. The maximum Gasteiger partial charge on any atom is 0.496 e. The Morgan fingerprint density at radius 3 is 1.44 bits per heavy atom. The number of halogens is 3. The van der Waals surface area contributed by atoms with Crippen molar-refractivity contribution in [3.05, 3.63) is 259 Å². The Labute approximate surface area is 445 Å². The number of benzene rings is 3. The molecule has 12 nitrogen and oxygen atoms in total. The lowest BCUT2D eigenvalue weighted by atomic mass is 9.80. The monoisotopic (exact) mass is 1180 g/mol. The van der Waals surface area contributed by atoms with Crippen molar-refractivity contribution in [1.29, 1.82) is 0 Å². The summed E-state index contributed by atoms with van der Waals surface area (Å²) in [6, 6.07) is 43.1. The van der Waals surface area contributed by atoms with Crippen LogP contribution in [0.15, 0.2) is 220 Å². The molecule has 0 spiro atoms. The molecule has 0 bridgehead atoms. The van der Waals surface area contributed by atoms with Crippen LogP contribution in [0.4, 0.5) is 0 Å². The molecule has 9 aromatic rings. The number of pyridine rings is 4. The minimum atomic E-state index is -0.456. The van der Waals surface area contributed by atoms with Crippen molar-refractivity contribution >= 4 is 83.0 Å². The Morgan fingerprint density at radius 1 is 0.535 bits per heavy atom. The Hall–Kier alpha value is -5.86. The summed E-state index contributed by atoms with van der Waals surface area (Å²) in [5.74, 6) is 0. The van der Waals surface area contributed by atoms with Crippen molar-refractivity contribution in [2.75, 3.05) is 0 Å². The number of aromatic nitrogens is 6. The van der Waals surface area contributed by atoms with E-state index in [2.05, 4.69) is 62.7 Å². The Balaban J connectivity index is 0.000000155. The number of H-pyrrole nitrogens is 1. The van der Waals surface area contributed by atoms with Crippen LogP contribution in [0.1, 0.15) is 44.4 Å². The van der Waals surface area contributed by atoms with Crippen LogP contribution in [-0.2, 0) is 28.9 Å². The van der Waals surface area contributed by atoms with Gasteiger partial charge in [0, 0.05) is 69.8 Å². The van der Waals surface area contributed by atoms with Gasteiger partial charge in [-0.05, 0) is 116 Å². The van der Waals surface area contributed by atoms with E-state index >= 15 is 0 Å². The molecular weight excluding hydrogens is 1130 g/mol. The first-order chi connectivity index (χ1) is 34.0. The predicted octanol–water partition coefficient (Wildman–Crippen LogP) is 10.9. The first kappa shape index (κ1) is 54.5. The molecule has 0 amide bonds. The molecule has 10 rings (SSSR count). The fourth-order valence-electron chi connectivity index (χ4n) is 6.51. The molecule has 3 aromatic carbocycles. The number of hydrogen-bond donors (Lipinski definition) is 1. The standard InChI is InChI=1S/C18H22BNO3.C15H12N2OS.C12H10BrNO.C5H4BrNO.C3H2BrNS/c1-17(2)18(3,4)23-19(22-17)15-10-11-16(21)20(13-15)12-14-8-6-5-7-9-14;18-15-7-6-13(14-8-16-11-19-14)10-17(15)9-12-4-2-1-3-5-12;13-11-6-7-12(15)14(9-11)8-10-4-2-1-3-5-10;6-4-1-2-5(8)7-3-4;4-3-1-5-2-6-3/h5-11,13H,12H2,1-4H3;1-8,10-11H,9H2;1-7,9H,8H2;1-3H,(H,7,8);1-2H. The average molecular weight is 1180 g/mol. The quantitative estimate of drug-likeness (QED) is 0.148. The molecule has 0 radical (unpaired) electrons. The van der Waals surface area contributed by atoms with Crippen LogP contribution in [0, 0.1) is 0 Å². The van der Waals surface area contributed by atoms with Gasteiger partial charge in [-0.25, -0.2) is 0 Å². The second-order valence-corrected chi connectivity index (χ2v) is 21.7. The topological polar surface area (TPSA) is 143 Å². The fraction of sp³-hybridized carbons (Fsp3) is 0.170. The number of aromatic amines is 1. The molecule has 7 heterocycles. The van der Waals surface area contributed by atoms with Gasteiger partial charge in [-0.2, -0.15) is 0 Å². The summed E-state index contributed by atoms with van der Waals surface area (Å²) < 4.78 is 20.1. The molecule has 0 aliphatic carbocycles. The van der Waals surface area contributed by atoms with Crippen molar-refractivity contribution in [2.24, 2.45) is 0 Å². The van der Waals surface area contributed by atoms with Crippen LogP contribution in [0.2, 0.25) is 0 Å². The highest BCUT2D eigenvalue weighted by Crippen LogP contribution is 2.36. The van der Waals surface area contributed by atoms with Gasteiger partial charge in [-0.15, -0.1) is 22.7 Å². The molecule has 1 aliphatic rings. The highest BCUT2D eigenvalue weighted by molar-refractivity contribution is 9.11. The first-order valence-corrected chi connectivity index (χ1v) is 26.2. The molecular formula is C53H50BBr3N6O6S2. The summed E-state index contributed by atoms with van der Waals surface area (Å²) in [6.45, 7) is 9.82. The van der Waals surface area contributed by atoms with E-state index in [1.165, 1.54) is 6.07 Å². The van der Waals surface area contributed by atoms with Gasteiger partial charge in [0.25, 0.3) is 16.7 Å². The zero-order valence-corrected chi connectivity index (χ0v) is 45.6. The molecule has 364 valence electrons. The number of nitrogens with one attached hydrogen (secondary N) is 1. The molecule has 18 heteroatoms. The highest BCUT2D eigenvalue weighted by Gasteiger charge is 2.51. The normalized spacial score (nSPS) is 12.9. The number of thiazole rings is 2. The lowest BCUT2D eigenvalue weighted by molar-refractivity contribution is 0.00578. The molecule has 6 aromatic heterocycles. The van der Waals surface area contributed by atoms with Gasteiger partial charge in [-0.1, -0.05) is 97.1 Å². The zero-order valence-electron chi connectivity index (χ0n) is 39.2. The van der Waals surface area contributed by atoms with Gasteiger partial charge in [0.1, 0.15) is 0 Å². The summed E-state index contributed by atoms with van der Waals surface area (Å²) in [5, 5.41) is 0. The Morgan fingerprint density at radius 2 is 1.00 bits per heavy atom. The lowest BCUT2D eigenvalue weighted by Crippen LogP contribution is -2.41. The lowest BCUT2D eigenvalue weighted by Gasteiger charge is -2.32. The van der Waals surface area contributed by atoms with Crippen molar-refractivity contribution in [1.82, 2.24) is 28.7 Å². The Kier molecular flexibility index (Phi) is 20.4. The van der Waals surface area contributed by atoms with Gasteiger partial charge >= 0.3 is 7.12 Å². The largest absolute Gasteiger partial charge is 0.496 e. The minimum absolute atomic E-state index is 0.0112. The maximum absolute atomic E-state index is 12.1. The van der Waals surface area contributed by atoms with Gasteiger partial charge in [-0.3, -0.25) is 29.1 Å². The molecule has 1 N–H and O–H groups in total. The second kappa shape index (κ2) is 26.6. The number of hydrogen-bond acceptors (Lipinski definition) is 10. The van der Waals surface area contributed by atoms with E-state index in [1.54, 1.807) is 102 Å². The summed E-state index contributed by atoms with van der Waals surface area (Å²) in [5.41, 5.74) is 7.92. The minimum Gasteiger partial charge on any atom is -0.399 e. The van der Waals surface area contributed by atoms with Crippen molar-refractivity contribution in [3.8, 4) is 10.4 Å². The molecule has 71 heavy (non-hydrogen) atoms. The van der Waals surface area contributed by atoms with Crippen LogP contribution in [0.3, 0.4) is 0 Å². The summed E-state index contributed by atoms with van der Waals surface area (Å²) in [7, 11) is -0.456. The average Bonchev–Trinajstić information content (AvgIpc) is 4.13.